The first-order chi connectivity index (χ1) is 8.54. The van der Waals surface area contributed by atoms with Crippen LogP contribution < -0.4 is 5.32 Å². The molecule has 1 aromatic rings. The molecule has 0 bridgehead atoms. The van der Waals surface area contributed by atoms with Gasteiger partial charge in [0.2, 0.25) is 5.89 Å². The Bertz CT molecular complexity index is 375. The van der Waals surface area contributed by atoms with Gasteiger partial charge in [0.25, 0.3) is 0 Å². The van der Waals surface area contributed by atoms with Crippen molar-refractivity contribution < 1.29 is 22.4 Å². The summed E-state index contributed by atoms with van der Waals surface area (Å²) < 4.78 is 45.1. The fraction of sp³-hybridized carbons (Fsp3) is 0.800. The number of piperidine rings is 1. The molecular formula is C10H14F3N3O2. The lowest BCUT2D eigenvalue weighted by Gasteiger charge is -2.18. The van der Waals surface area contributed by atoms with Crippen LogP contribution in [0.3, 0.4) is 0 Å². The second-order valence-corrected chi connectivity index (χ2v) is 4.20. The summed E-state index contributed by atoms with van der Waals surface area (Å²) in [6.07, 6.45) is -2.37. The van der Waals surface area contributed by atoms with Crippen LogP contribution in [-0.2, 0) is 11.3 Å². The Labute approximate surface area is 102 Å². The lowest BCUT2D eigenvalue weighted by molar-refractivity contribution is -0.177. The number of hydrogen-bond donors (Lipinski definition) is 1. The number of ether oxygens (including phenoxy) is 1. The molecule has 0 radical (unpaired) electrons. The van der Waals surface area contributed by atoms with Gasteiger partial charge in [-0.1, -0.05) is 5.16 Å². The Morgan fingerprint density at radius 1 is 1.44 bits per heavy atom. The molecular weight excluding hydrogens is 251 g/mol. The Balaban J connectivity index is 1.82. The summed E-state index contributed by atoms with van der Waals surface area (Å²) >= 11 is 0. The summed E-state index contributed by atoms with van der Waals surface area (Å²) in [5.41, 5.74) is 0. The van der Waals surface area contributed by atoms with Crippen LogP contribution in [0.4, 0.5) is 13.2 Å². The van der Waals surface area contributed by atoms with Crippen LogP contribution in [0, 0.1) is 0 Å². The summed E-state index contributed by atoms with van der Waals surface area (Å²) in [7, 11) is 0. The number of alkyl halides is 3. The maximum Gasteiger partial charge on any atom is 0.411 e. The summed E-state index contributed by atoms with van der Waals surface area (Å²) in [4.78, 5) is 4.04. The quantitative estimate of drug-likeness (QED) is 0.896. The first kappa shape index (κ1) is 13.3. The van der Waals surface area contributed by atoms with E-state index in [1.54, 1.807) is 0 Å². The monoisotopic (exact) mass is 265 g/mol. The van der Waals surface area contributed by atoms with Crippen molar-refractivity contribution in [2.45, 2.75) is 31.5 Å². The van der Waals surface area contributed by atoms with Gasteiger partial charge in [-0.3, -0.25) is 0 Å². The molecule has 8 heteroatoms. The van der Waals surface area contributed by atoms with Crippen LogP contribution in [0.5, 0.6) is 0 Å². The van der Waals surface area contributed by atoms with Crippen molar-refractivity contribution in [1.29, 1.82) is 0 Å². The number of hydrogen-bond acceptors (Lipinski definition) is 5. The number of aromatic nitrogens is 2. The molecule has 1 fully saturated rings. The Kier molecular flexibility index (Phi) is 4.18. The Morgan fingerprint density at radius 3 is 2.94 bits per heavy atom. The molecule has 5 nitrogen and oxygen atoms in total. The second-order valence-electron chi connectivity index (χ2n) is 4.20. The minimum absolute atomic E-state index is 0.141. The largest absolute Gasteiger partial charge is 0.411 e. The molecule has 0 aliphatic carbocycles. The van der Waals surface area contributed by atoms with E-state index < -0.39 is 12.8 Å². The van der Waals surface area contributed by atoms with E-state index in [1.165, 1.54) is 0 Å². The molecule has 1 aliphatic heterocycles. The van der Waals surface area contributed by atoms with Crippen LogP contribution in [0.2, 0.25) is 0 Å². The smallest absolute Gasteiger partial charge is 0.364 e. The topological polar surface area (TPSA) is 60.2 Å². The van der Waals surface area contributed by atoms with E-state index in [4.69, 9.17) is 4.52 Å². The molecule has 0 unspecified atom stereocenters. The second kappa shape index (κ2) is 5.66. The minimum Gasteiger partial charge on any atom is -0.364 e. The third-order valence-electron chi connectivity index (χ3n) is 2.63. The van der Waals surface area contributed by atoms with Crippen molar-refractivity contribution >= 4 is 0 Å². The SMILES string of the molecule is FC(F)(F)COCc1noc([C@H]2CCCNC2)n1. The van der Waals surface area contributed by atoms with Crippen molar-refractivity contribution in [2.75, 3.05) is 19.7 Å². The van der Waals surface area contributed by atoms with Gasteiger partial charge in [-0.2, -0.15) is 18.2 Å². The number of nitrogens with zero attached hydrogens (tertiary/aromatic N) is 2. The van der Waals surface area contributed by atoms with E-state index in [0.717, 1.165) is 25.9 Å². The van der Waals surface area contributed by atoms with E-state index in [2.05, 4.69) is 20.2 Å². The van der Waals surface area contributed by atoms with Gasteiger partial charge in [0.1, 0.15) is 13.2 Å². The Hall–Kier alpha value is -1.15. The number of rotatable bonds is 4. The average Bonchev–Trinajstić information content (AvgIpc) is 2.77. The molecule has 2 rings (SSSR count). The zero-order valence-corrected chi connectivity index (χ0v) is 9.66. The van der Waals surface area contributed by atoms with Gasteiger partial charge < -0.3 is 14.6 Å². The summed E-state index contributed by atoms with van der Waals surface area (Å²) in [5.74, 6) is 0.759. The summed E-state index contributed by atoms with van der Waals surface area (Å²) in [6.45, 7) is 0.127. The molecule has 0 saturated carbocycles. The maximum atomic E-state index is 11.9. The molecule has 1 aromatic heterocycles. The first-order valence-corrected chi connectivity index (χ1v) is 5.72. The lowest BCUT2D eigenvalue weighted by atomic mass is 10.00. The molecule has 1 saturated heterocycles. The number of halogens is 3. The van der Waals surface area contributed by atoms with Crippen molar-refractivity contribution in [2.24, 2.45) is 0 Å². The molecule has 102 valence electrons. The fourth-order valence-corrected chi connectivity index (χ4v) is 1.81. The highest BCUT2D eigenvalue weighted by Gasteiger charge is 2.28. The standard InChI is InChI=1S/C10H14F3N3O2/c11-10(12,13)6-17-5-8-15-9(18-16-8)7-2-1-3-14-4-7/h7,14H,1-6H2/t7-/m0/s1. The van der Waals surface area contributed by atoms with Crippen LogP contribution in [0.25, 0.3) is 0 Å². The predicted octanol–water partition coefficient (Wildman–Crippen LogP) is 1.62. The van der Waals surface area contributed by atoms with E-state index in [0.29, 0.717) is 5.89 Å². The summed E-state index contributed by atoms with van der Waals surface area (Å²) in [6, 6.07) is 0. The van der Waals surface area contributed by atoms with Crippen LogP contribution in [-0.4, -0.2) is 36.0 Å². The van der Waals surface area contributed by atoms with E-state index in [1.807, 2.05) is 0 Å². The highest BCUT2D eigenvalue weighted by atomic mass is 19.4. The van der Waals surface area contributed by atoms with E-state index >= 15 is 0 Å². The van der Waals surface area contributed by atoms with Crippen LogP contribution in [0.15, 0.2) is 4.52 Å². The highest BCUT2D eigenvalue weighted by molar-refractivity contribution is 4.96. The van der Waals surface area contributed by atoms with Gasteiger partial charge in [0.15, 0.2) is 5.82 Å². The first-order valence-electron chi connectivity index (χ1n) is 5.72. The zero-order chi connectivity index (χ0) is 13.0. The lowest BCUT2D eigenvalue weighted by Crippen LogP contribution is -2.28. The number of nitrogens with one attached hydrogen (secondary N) is 1. The van der Waals surface area contributed by atoms with Crippen molar-refractivity contribution in [3.05, 3.63) is 11.7 Å². The van der Waals surface area contributed by atoms with Crippen molar-refractivity contribution in [3.63, 3.8) is 0 Å². The molecule has 1 atom stereocenters. The van der Waals surface area contributed by atoms with Gasteiger partial charge >= 0.3 is 6.18 Å². The predicted molar refractivity (Wildman–Crippen MR) is 54.9 cm³/mol. The zero-order valence-electron chi connectivity index (χ0n) is 9.66. The average molecular weight is 265 g/mol. The molecule has 1 aliphatic rings. The van der Waals surface area contributed by atoms with Crippen LogP contribution in [0.1, 0.15) is 30.5 Å². The molecule has 0 spiro atoms. The fourth-order valence-electron chi connectivity index (χ4n) is 1.81. The minimum atomic E-state index is -4.33. The molecule has 0 aromatic carbocycles. The Morgan fingerprint density at radius 2 is 2.28 bits per heavy atom. The van der Waals surface area contributed by atoms with Crippen LogP contribution >= 0.6 is 0 Å². The third-order valence-corrected chi connectivity index (χ3v) is 2.63. The molecule has 0 amide bonds. The molecule has 18 heavy (non-hydrogen) atoms. The summed E-state index contributed by atoms with van der Waals surface area (Å²) in [5, 5.41) is 6.80. The normalized spacial score (nSPS) is 21.2. The van der Waals surface area contributed by atoms with Crippen molar-refractivity contribution in [1.82, 2.24) is 15.5 Å². The third kappa shape index (κ3) is 3.95. The molecule has 2 heterocycles. The van der Waals surface area contributed by atoms with Crippen molar-refractivity contribution in [3.8, 4) is 0 Å². The molecule has 1 N–H and O–H groups in total. The highest BCUT2D eigenvalue weighted by Crippen LogP contribution is 2.21. The van der Waals surface area contributed by atoms with Gasteiger partial charge in [0, 0.05) is 6.54 Å². The van der Waals surface area contributed by atoms with Gasteiger partial charge in [0.05, 0.1) is 5.92 Å². The van der Waals surface area contributed by atoms with E-state index in [-0.39, 0.29) is 18.3 Å². The van der Waals surface area contributed by atoms with Gasteiger partial charge in [-0.15, -0.1) is 0 Å². The van der Waals surface area contributed by atoms with Gasteiger partial charge in [-0.25, -0.2) is 0 Å². The van der Waals surface area contributed by atoms with Gasteiger partial charge in [-0.05, 0) is 19.4 Å². The van der Waals surface area contributed by atoms with E-state index in [9.17, 15) is 13.2 Å². The maximum absolute atomic E-state index is 11.9.